The van der Waals surface area contributed by atoms with Gasteiger partial charge in [0.15, 0.2) is 17.5 Å². The molecule has 4 atom stereocenters. The van der Waals surface area contributed by atoms with E-state index in [2.05, 4.69) is 4.98 Å². The predicted octanol–water partition coefficient (Wildman–Crippen LogP) is 0.969. The van der Waals surface area contributed by atoms with Crippen molar-refractivity contribution in [2.45, 2.75) is 50.8 Å². The van der Waals surface area contributed by atoms with E-state index in [0.717, 1.165) is 17.3 Å². The molecule has 2 aromatic carbocycles. The van der Waals surface area contributed by atoms with Gasteiger partial charge >= 0.3 is 5.69 Å². The fourth-order valence-electron chi connectivity index (χ4n) is 4.20. The van der Waals surface area contributed by atoms with Crippen molar-refractivity contribution in [2.75, 3.05) is 6.61 Å². The zero-order chi connectivity index (χ0) is 25.9. The summed E-state index contributed by atoms with van der Waals surface area (Å²) in [7, 11) is 0. The van der Waals surface area contributed by atoms with Gasteiger partial charge in [0.05, 0.1) is 19.8 Å². The highest BCUT2D eigenvalue weighted by Crippen LogP contribution is 2.42. The van der Waals surface area contributed by atoms with E-state index in [1.807, 2.05) is 36.4 Å². The molecule has 0 spiro atoms. The Morgan fingerprint density at radius 2 is 1.64 bits per heavy atom. The Balaban J connectivity index is 1.72. The number of ketones is 1. The van der Waals surface area contributed by atoms with Gasteiger partial charge in [0.25, 0.3) is 11.5 Å². The molecule has 1 aliphatic heterocycles. The van der Waals surface area contributed by atoms with Crippen LogP contribution in [0, 0.1) is 6.92 Å². The zero-order valence-corrected chi connectivity index (χ0v) is 19.9. The molecule has 1 aliphatic rings. The van der Waals surface area contributed by atoms with Gasteiger partial charge in [-0.1, -0.05) is 60.7 Å². The average molecular weight is 497 g/mol. The van der Waals surface area contributed by atoms with Crippen LogP contribution in [-0.4, -0.2) is 50.0 Å². The largest absolute Gasteiger partial charge is 0.382 e. The van der Waals surface area contributed by atoms with E-state index in [9.17, 15) is 24.6 Å². The number of aliphatic hydroxyl groups excluding tert-OH is 1. The van der Waals surface area contributed by atoms with Gasteiger partial charge in [-0.3, -0.25) is 14.6 Å². The fraction of sp³-hybridized carbons (Fsp3) is 0.346. The minimum Gasteiger partial charge on any atom is -0.382 e. The molecule has 36 heavy (non-hydrogen) atoms. The van der Waals surface area contributed by atoms with Crippen molar-refractivity contribution >= 4 is 5.78 Å². The minimum atomic E-state index is -2.73. The number of rotatable bonds is 9. The normalized spacial score (nSPS) is 25.7. The number of carbonyl (C=O) groups excluding carboxylic acids is 1. The molecule has 0 aliphatic carbocycles. The van der Waals surface area contributed by atoms with Crippen LogP contribution in [0.15, 0.2) is 76.4 Å². The van der Waals surface area contributed by atoms with E-state index in [1.165, 1.54) is 13.8 Å². The maximum atomic E-state index is 13.1. The quantitative estimate of drug-likeness (QED) is 0.398. The molecule has 0 unspecified atom stereocenters. The summed E-state index contributed by atoms with van der Waals surface area (Å²) < 4.78 is 18.3. The van der Waals surface area contributed by atoms with Crippen LogP contribution in [-0.2, 0) is 38.1 Å². The first-order valence-electron chi connectivity index (χ1n) is 11.4. The molecule has 3 N–H and O–H groups in total. The number of aromatic nitrogens is 2. The third-order valence-electron chi connectivity index (χ3n) is 6.23. The van der Waals surface area contributed by atoms with Gasteiger partial charge in [-0.05, 0) is 25.0 Å². The van der Waals surface area contributed by atoms with Crippen molar-refractivity contribution in [2.24, 2.45) is 0 Å². The number of hydrogen-bond acceptors (Lipinski definition) is 8. The van der Waals surface area contributed by atoms with Gasteiger partial charge in [0.2, 0.25) is 0 Å². The third kappa shape index (κ3) is 4.81. The Labute approximate surface area is 206 Å². The number of benzene rings is 2. The number of aromatic amines is 1. The second kappa shape index (κ2) is 10.3. The standard InChI is InChI=1S/C26H28N2O8/c1-17-13-28(24(32)27-23(17)31)26(33)21(30)22(35-15-20-11-7-4-8-12-20)25(36-26,18(2)29)16-34-14-19-9-5-3-6-10-19/h3-13,21-22,30,33H,14-16H2,1-2H3,(H,27,31,32)/t21-,22-,25-,26-/m0/s1. The van der Waals surface area contributed by atoms with Gasteiger partial charge in [0.1, 0.15) is 6.10 Å². The summed E-state index contributed by atoms with van der Waals surface area (Å²) in [5.74, 6) is -3.31. The molecule has 0 radical (unpaired) electrons. The van der Waals surface area contributed by atoms with Crippen molar-refractivity contribution in [1.29, 1.82) is 0 Å². The topological polar surface area (TPSA) is 140 Å². The molecule has 1 saturated heterocycles. The van der Waals surface area contributed by atoms with Crippen LogP contribution in [0.25, 0.3) is 0 Å². The summed E-state index contributed by atoms with van der Waals surface area (Å²) in [4.78, 5) is 39.6. The first-order chi connectivity index (χ1) is 17.2. The molecule has 4 rings (SSSR count). The van der Waals surface area contributed by atoms with Gasteiger partial charge in [0, 0.05) is 11.8 Å². The van der Waals surface area contributed by atoms with E-state index in [4.69, 9.17) is 14.2 Å². The summed E-state index contributed by atoms with van der Waals surface area (Å²) in [6, 6.07) is 18.3. The number of ether oxygens (including phenoxy) is 3. The van der Waals surface area contributed by atoms with Crippen LogP contribution in [0.3, 0.4) is 0 Å². The summed E-state index contributed by atoms with van der Waals surface area (Å²) in [6.45, 7) is 2.37. The number of hydrogen-bond donors (Lipinski definition) is 3. The van der Waals surface area contributed by atoms with Gasteiger partial charge in [-0.15, -0.1) is 0 Å². The number of aryl methyl sites for hydroxylation is 1. The molecular weight excluding hydrogens is 468 g/mol. The minimum absolute atomic E-state index is 0.0186. The number of H-pyrrole nitrogens is 1. The number of Topliss-reactive ketones (excluding diaryl/α,β-unsaturated/α-hetero) is 1. The van der Waals surface area contributed by atoms with E-state index < -0.39 is 40.8 Å². The smallest absolute Gasteiger partial charge is 0.332 e. The second-order valence-electron chi connectivity index (χ2n) is 8.79. The van der Waals surface area contributed by atoms with Crippen molar-refractivity contribution in [3.05, 3.63) is 104 Å². The van der Waals surface area contributed by atoms with Crippen molar-refractivity contribution in [1.82, 2.24) is 9.55 Å². The molecular formula is C26H28N2O8. The Morgan fingerprint density at radius 1 is 1.06 bits per heavy atom. The first-order valence-corrected chi connectivity index (χ1v) is 11.4. The van der Waals surface area contributed by atoms with E-state index in [-0.39, 0.29) is 25.4 Å². The number of nitrogens with one attached hydrogen (secondary N) is 1. The van der Waals surface area contributed by atoms with Crippen LogP contribution in [0.2, 0.25) is 0 Å². The lowest BCUT2D eigenvalue weighted by atomic mass is 9.91. The average Bonchev–Trinajstić information content (AvgIpc) is 3.09. The molecule has 10 heteroatoms. The molecule has 1 fully saturated rings. The highest BCUT2D eigenvalue weighted by Gasteiger charge is 2.67. The number of aliphatic hydroxyl groups is 2. The number of carbonyl (C=O) groups is 1. The maximum Gasteiger partial charge on any atom is 0.332 e. The highest BCUT2D eigenvalue weighted by molar-refractivity contribution is 5.86. The Bertz CT molecular complexity index is 1320. The van der Waals surface area contributed by atoms with Gasteiger partial charge in [-0.2, -0.15) is 0 Å². The van der Waals surface area contributed by atoms with Crippen molar-refractivity contribution < 1.29 is 29.2 Å². The van der Waals surface area contributed by atoms with Crippen molar-refractivity contribution in [3.8, 4) is 0 Å². The second-order valence-corrected chi connectivity index (χ2v) is 8.79. The van der Waals surface area contributed by atoms with E-state index in [0.29, 0.717) is 4.57 Å². The third-order valence-corrected chi connectivity index (χ3v) is 6.23. The molecule has 10 nitrogen and oxygen atoms in total. The molecule has 190 valence electrons. The van der Waals surface area contributed by atoms with E-state index in [1.54, 1.807) is 24.3 Å². The maximum absolute atomic E-state index is 13.1. The molecule has 1 aromatic heterocycles. The molecule has 0 amide bonds. The Hall–Kier alpha value is -3.41. The highest BCUT2D eigenvalue weighted by atomic mass is 16.7. The summed E-state index contributed by atoms with van der Waals surface area (Å²) >= 11 is 0. The van der Waals surface area contributed by atoms with E-state index >= 15 is 0 Å². The Morgan fingerprint density at radius 3 is 2.22 bits per heavy atom. The van der Waals surface area contributed by atoms with Crippen LogP contribution in [0.4, 0.5) is 0 Å². The molecule has 0 saturated carbocycles. The summed E-state index contributed by atoms with van der Waals surface area (Å²) in [6.07, 6.45) is -2.26. The summed E-state index contributed by atoms with van der Waals surface area (Å²) in [5, 5.41) is 22.7. The number of nitrogens with zero attached hydrogens (tertiary/aromatic N) is 1. The first kappa shape index (κ1) is 25.7. The monoisotopic (exact) mass is 496 g/mol. The van der Waals surface area contributed by atoms with Crippen LogP contribution < -0.4 is 11.2 Å². The Kier molecular flexibility index (Phi) is 7.34. The van der Waals surface area contributed by atoms with Crippen LogP contribution in [0.1, 0.15) is 23.6 Å². The molecule has 3 aromatic rings. The van der Waals surface area contributed by atoms with Crippen molar-refractivity contribution in [3.63, 3.8) is 0 Å². The zero-order valence-electron chi connectivity index (χ0n) is 19.9. The lowest BCUT2D eigenvalue weighted by Gasteiger charge is -2.32. The van der Waals surface area contributed by atoms with Gasteiger partial charge in [-0.25, -0.2) is 9.36 Å². The van der Waals surface area contributed by atoms with Crippen LogP contribution >= 0.6 is 0 Å². The summed E-state index contributed by atoms with van der Waals surface area (Å²) in [5.41, 5.74) is -1.99. The lowest BCUT2D eigenvalue weighted by Crippen LogP contribution is -2.53. The fourth-order valence-corrected chi connectivity index (χ4v) is 4.20. The predicted molar refractivity (Wildman–Crippen MR) is 128 cm³/mol. The van der Waals surface area contributed by atoms with Gasteiger partial charge < -0.3 is 24.4 Å². The lowest BCUT2D eigenvalue weighted by molar-refractivity contribution is -0.306. The SMILES string of the molecule is CC(=O)[C@]1(COCc2ccccc2)O[C@](O)(n2cc(C)c(=O)[nH]c2=O)[C@@H](O)[C@@H]1OCc1ccccc1. The molecule has 0 bridgehead atoms. The molecule has 2 heterocycles. The van der Waals surface area contributed by atoms with Crippen LogP contribution in [0.5, 0.6) is 0 Å².